The van der Waals surface area contributed by atoms with E-state index < -0.39 is 0 Å². The number of ether oxygens (including phenoxy) is 1. The highest BCUT2D eigenvalue weighted by molar-refractivity contribution is 7.80. The topological polar surface area (TPSA) is 79.5 Å². The molecule has 0 fully saturated rings. The zero-order chi connectivity index (χ0) is 24.3. The van der Waals surface area contributed by atoms with Crippen molar-refractivity contribution in [1.82, 2.24) is 10.6 Å². The molecule has 0 radical (unpaired) electrons. The van der Waals surface area contributed by atoms with Gasteiger partial charge in [0.2, 0.25) is 5.91 Å². The fourth-order valence-electron chi connectivity index (χ4n) is 3.01. The maximum atomic E-state index is 12.7. The fraction of sp³-hybridized carbons (Fsp3) is 0.160. The largest absolute Gasteiger partial charge is 0.492 e. The molecule has 3 N–H and O–H groups in total. The van der Waals surface area contributed by atoms with Crippen LogP contribution in [0.25, 0.3) is 0 Å². The summed E-state index contributed by atoms with van der Waals surface area (Å²) in [6.45, 7) is 0.706. The van der Waals surface area contributed by atoms with Crippen LogP contribution >= 0.6 is 35.4 Å². The second-order valence-corrected chi connectivity index (χ2v) is 8.49. The van der Waals surface area contributed by atoms with Crippen LogP contribution in [0, 0.1) is 0 Å². The molecule has 6 nitrogen and oxygen atoms in total. The van der Waals surface area contributed by atoms with Gasteiger partial charge in [0, 0.05) is 18.0 Å². The van der Waals surface area contributed by atoms with Crippen molar-refractivity contribution in [3.05, 3.63) is 94.0 Å². The Morgan fingerprint density at radius 1 is 0.941 bits per heavy atom. The monoisotopic (exact) mass is 515 g/mol. The van der Waals surface area contributed by atoms with E-state index in [9.17, 15) is 9.59 Å². The summed E-state index contributed by atoms with van der Waals surface area (Å²) < 4.78 is 5.58. The molecule has 0 unspecified atom stereocenters. The number of hydrogen-bond donors (Lipinski definition) is 3. The third kappa shape index (κ3) is 8.02. The van der Waals surface area contributed by atoms with Crippen molar-refractivity contribution in [2.45, 2.75) is 19.4 Å². The number of carbonyl (C=O) groups is 2. The molecule has 0 saturated carbocycles. The average Bonchev–Trinajstić information content (AvgIpc) is 2.82. The summed E-state index contributed by atoms with van der Waals surface area (Å²) >= 11 is 17.2. The van der Waals surface area contributed by atoms with Gasteiger partial charge in [0.15, 0.2) is 5.11 Å². The van der Waals surface area contributed by atoms with Gasteiger partial charge in [-0.1, -0.05) is 65.7 Å². The van der Waals surface area contributed by atoms with Crippen molar-refractivity contribution < 1.29 is 14.3 Å². The van der Waals surface area contributed by atoms with Gasteiger partial charge in [-0.15, -0.1) is 0 Å². The molecular weight excluding hydrogens is 493 g/mol. The lowest BCUT2D eigenvalue weighted by atomic mass is 10.1. The van der Waals surface area contributed by atoms with Crippen LogP contribution in [-0.2, 0) is 11.3 Å². The maximum absolute atomic E-state index is 12.7. The van der Waals surface area contributed by atoms with Crippen LogP contribution in [0.5, 0.6) is 5.75 Å². The lowest BCUT2D eigenvalue weighted by Gasteiger charge is -2.14. The Kier molecular flexibility index (Phi) is 9.70. The summed E-state index contributed by atoms with van der Waals surface area (Å²) in [4.78, 5) is 24.9. The third-order valence-electron chi connectivity index (χ3n) is 4.67. The molecule has 2 amide bonds. The van der Waals surface area contributed by atoms with Gasteiger partial charge in [-0.25, -0.2) is 0 Å². The molecule has 3 rings (SSSR count). The van der Waals surface area contributed by atoms with E-state index in [0.29, 0.717) is 46.6 Å². The van der Waals surface area contributed by atoms with Gasteiger partial charge in [-0.3, -0.25) is 9.59 Å². The van der Waals surface area contributed by atoms with Gasteiger partial charge >= 0.3 is 0 Å². The average molecular weight is 516 g/mol. The van der Waals surface area contributed by atoms with Crippen molar-refractivity contribution in [2.24, 2.45) is 0 Å². The minimum Gasteiger partial charge on any atom is -0.492 e. The Bertz CT molecular complexity index is 1160. The first kappa shape index (κ1) is 25.5. The Morgan fingerprint density at radius 2 is 1.68 bits per heavy atom. The van der Waals surface area contributed by atoms with E-state index in [4.69, 9.17) is 40.2 Å². The van der Waals surface area contributed by atoms with E-state index in [-0.39, 0.29) is 23.3 Å². The lowest BCUT2D eigenvalue weighted by Crippen LogP contribution is -2.35. The molecule has 0 bridgehead atoms. The highest BCUT2D eigenvalue weighted by atomic mass is 35.5. The quantitative estimate of drug-likeness (QED) is 0.255. The zero-order valence-corrected chi connectivity index (χ0v) is 20.5. The van der Waals surface area contributed by atoms with Gasteiger partial charge in [-0.05, 0) is 54.5 Å². The van der Waals surface area contributed by atoms with Gasteiger partial charge in [-0.2, -0.15) is 0 Å². The standard InChI is InChI=1S/C25H23Cl2N3O3S/c26-18-12-13-22(20(27)15-18)33-14-6-11-23(31)30-25(34)29-21-10-5-4-9-19(21)24(32)28-16-17-7-2-1-3-8-17/h1-5,7-10,12-13,15H,6,11,14,16H2,(H,28,32)(H2,29,30,31,34). The predicted octanol–water partition coefficient (Wildman–Crippen LogP) is 5.60. The minimum absolute atomic E-state index is 0.106. The van der Waals surface area contributed by atoms with Gasteiger partial charge < -0.3 is 20.7 Å². The van der Waals surface area contributed by atoms with Crippen LogP contribution in [0.1, 0.15) is 28.8 Å². The zero-order valence-electron chi connectivity index (χ0n) is 18.1. The second kappa shape index (κ2) is 12.9. The van der Waals surface area contributed by atoms with E-state index in [1.165, 1.54) is 0 Å². The molecule has 3 aromatic carbocycles. The van der Waals surface area contributed by atoms with E-state index in [1.54, 1.807) is 42.5 Å². The summed E-state index contributed by atoms with van der Waals surface area (Å²) in [5, 5.41) is 9.47. The Labute approximate surface area is 213 Å². The molecule has 0 aromatic heterocycles. The number of rotatable bonds is 9. The van der Waals surface area contributed by atoms with Crippen LogP contribution in [0.15, 0.2) is 72.8 Å². The van der Waals surface area contributed by atoms with Gasteiger partial charge in [0.25, 0.3) is 5.91 Å². The summed E-state index contributed by atoms with van der Waals surface area (Å²) in [5.74, 6) is -0.0146. The molecule has 0 saturated heterocycles. The Balaban J connectivity index is 1.45. The highest BCUT2D eigenvalue weighted by Gasteiger charge is 2.13. The molecule has 0 aliphatic heterocycles. The number of para-hydroxylation sites is 1. The first-order valence-corrected chi connectivity index (χ1v) is 11.7. The van der Waals surface area contributed by atoms with Crippen LogP contribution in [0.3, 0.4) is 0 Å². The van der Waals surface area contributed by atoms with Crippen molar-refractivity contribution in [3.63, 3.8) is 0 Å². The number of thiocarbonyl (C=S) groups is 1. The normalized spacial score (nSPS) is 10.3. The summed E-state index contributed by atoms with van der Waals surface area (Å²) in [6, 6.07) is 21.5. The number of halogens is 2. The highest BCUT2D eigenvalue weighted by Crippen LogP contribution is 2.27. The number of benzene rings is 3. The van der Waals surface area contributed by atoms with Crippen LogP contribution in [0.4, 0.5) is 5.69 Å². The molecule has 0 aliphatic rings. The molecule has 9 heteroatoms. The predicted molar refractivity (Wildman–Crippen MR) is 140 cm³/mol. The molecule has 0 heterocycles. The number of amides is 2. The first-order chi connectivity index (χ1) is 16.4. The van der Waals surface area contributed by atoms with Crippen molar-refractivity contribution >= 4 is 58.0 Å². The number of anilines is 1. The van der Waals surface area contributed by atoms with E-state index in [0.717, 1.165) is 5.56 Å². The van der Waals surface area contributed by atoms with Crippen LogP contribution < -0.4 is 20.7 Å². The SMILES string of the molecule is O=C(CCCOc1ccc(Cl)cc1Cl)NC(=S)Nc1ccccc1C(=O)NCc1ccccc1. The maximum Gasteiger partial charge on any atom is 0.253 e. The Hall–Kier alpha value is -3.13. The summed E-state index contributed by atoms with van der Waals surface area (Å²) in [5.41, 5.74) is 1.91. The summed E-state index contributed by atoms with van der Waals surface area (Å²) in [7, 11) is 0. The number of nitrogens with one attached hydrogen (secondary N) is 3. The van der Waals surface area contributed by atoms with Gasteiger partial charge in [0.1, 0.15) is 5.75 Å². The molecule has 0 aliphatic carbocycles. The van der Waals surface area contributed by atoms with E-state index in [1.807, 2.05) is 30.3 Å². The van der Waals surface area contributed by atoms with Gasteiger partial charge in [0.05, 0.1) is 22.9 Å². The fourth-order valence-corrected chi connectivity index (χ4v) is 3.70. The molecule has 176 valence electrons. The van der Waals surface area contributed by atoms with Crippen molar-refractivity contribution in [1.29, 1.82) is 0 Å². The van der Waals surface area contributed by atoms with E-state index in [2.05, 4.69) is 16.0 Å². The first-order valence-electron chi connectivity index (χ1n) is 10.5. The van der Waals surface area contributed by atoms with Crippen molar-refractivity contribution in [3.8, 4) is 5.75 Å². The number of carbonyl (C=O) groups excluding carboxylic acids is 2. The van der Waals surface area contributed by atoms with Crippen LogP contribution in [0.2, 0.25) is 10.0 Å². The minimum atomic E-state index is -0.269. The third-order valence-corrected chi connectivity index (χ3v) is 5.40. The smallest absolute Gasteiger partial charge is 0.253 e. The molecule has 3 aromatic rings. The van der Waals surface area contributed by atoms with E-state index >= 15 is 0 Å². The van der Waals surface area contributed by atoms with Crippen LogP contribution in [-0.4, -0.2) is 23.5 Å². The summed E-state index contributed by atoms with van der Waals surface area (Å²) in [6.07, 6.45) is 0.665. The Morgan fingerprint density at radius 3 is 2.44 bits per heavy atom. The number of hydrogen-bond acceptors (Lipinski definition) is 4. The second-order valence-electron chi connectivity index (χ2n) is 7.24. The molecular formula is C25H23Cl2N3O3S. The molecule has 34 heavy (non-hydrogen) atoms. The molecule has 0 atom stereocenters. The lowest BCUT2D eigenvalue weighted by molar-refractivity contribution is -0.119. The van der Waals surface area contributed by atoms with Crippen molar-refractivity contribution in [2.75, 3.05) is 11.9 Å². The molecule has 0 spiro atoms.